The molecule has 120 valence electrons. The molecular formula is C16H17N3O4. The van der Waals surface area contributed by atoms with Crippen LogP contribution >= 0.6 is 0 Å². The Hall–Kier alpha value is -2.70. The molecule has 1 atom stereocenters. The van der Waals surface area contributed by atoms with Crippen LogP contribution in [-0.2, 0) is 14.4 Å². The normalized spacial score (nSPS) is 21.3. The molecule has 7 nitrogen and oxygen atoms in total. The highest BCUT2D eigenvalue weighted by Crippen LogP contribution is 2.23. The lowest BCUT2D eigenvalue weighted by Crippen LogP contribution is -2.46. The number of hydrogen-bond acceptors (Lipinski definition) is 4. The molecule has 7 heteroatoms. The number of carboxylic acids is 1. The van der Waals surface area contributed by atoms with Gasteiger partial charge in [0.05, 0.1) is 5.69 Å². The fourth-order valence-electron chi connectivity index (χ4n) is 2.91. The monoisotopic (exact) mass is 315 g/mol. The Bertz CT molecular complexity index is 671. The zero-order chi connectivity index (χ0) is 16.4. The minimum Gasteiger partial charge on any atom is -0.480 e. The van der Waals surface area contributed by atoms with Crippen molar-refractivity contribution >= 4 is 29.2 Å². The quantitative estimate of drug-likeness (QED) is 0.908. The number of para-hydroxylation sites is 1. The smallest absolute Gasteiger partial charge is 0.326 e. The first-order valence-electron chi connectivity index (χ1n) is 7.57. The van der Waals surface area contributed by atoms with E-state index in [0.717, 1.165) is 0 Å². The largest absolute Gasteiger partial charge is 0.480 e. The van der Waals surface area contributed by atoms with Crippen molar-refractivity contribution in [3.63, 3.8) is 0 Å². The van der Waals surface area contributed by atoms with E-state index in [1.54, 1.807) is 24.3 Å². The SMILES string of the molecule is O=C(O)C1CCCN1C(=O)C1=NN(c2ccccc2)C(=O)CC1. The third-order valence-electron chi connectivity index (χ3n) is 4.08. The maximum atomic E-state index is 12.6. The number of carboxylic acid groups (broad SMARTS) is 1. The van der Waals surface area contributed by atoms with Crippen molar-refractivity contribution in [2.75, 3.05) is 11.6 Å². The van der Waals surface area contributed by atoms with Gasteiger partial charge in [0.2, 0.25) is 5.91 Å². The van der Waals surface area contributed by atoms with E-state index >= 15 is 0 Å². The van der Waals surface area contributed by atoms with E-state index < -0.39 is 12.0 Å². The van der Waals surface area contributed by atoms with E-state index in [2.05, 4.69) is 5.10 Å². The summed E-state index contributed by atoms with van der Waals surface area (Å²) in [5.41, 5.74) is 0.834. The molecule has 2 amide bonds. The Morgan fingerprint density at radius 3 is 2.61 bits per heavy atom. The molecule has 0 radical (unpaired) electrons. The number of benzene rings is 1. The van der Waals surface area contributed by atoms with Crippen molar-refractivity contribution in [3.05, 3.63) is 30.3 Å². The lowest BCUT2D eigenvalue weighted by Gasteiger charge is -2.27. The van der Waals surface area contributed by atoms with Gasteiger partial charge in [0.1, 0.15) is 11.8 Å². The minimum absolute atomic E-state index is 0.177. The predicted octanol–water partition coefficient (Wildman–Crippen LogP) is 1.24. The lowest BCUT2D eigenvalue weighted by molar-refractivity contribution is -0.146. The zero-order valence-electron chi connectivity index (χ0n) is 12.5. The standard InChI is InChI=1S/C16H17N3O4/c20-14-9-8-12(17-19(14)11-5-2-1-3-6-11)15(21)18-10-4-7-13(18)16(22)23/h1-3,5-6,13H,4,7-10H2,(H,22,23). The Kier molecular flexibility index (Phi) is 4.10. The number of anilines is 1. The third kappa shape index (κ3) is 2.94. The van der Waals surface area contributed by atoms with Gasteiger partial charge in [-0.2, -0.15) is 5.10 Å². The van der Waals surface area contributed by atoms with Crippen LogP contribution in [0.3, 0.4) is 0 Å². The number of nitrogens with zero attached hydrogens (tertiary/aromatic N) is 3. The molecule has 1 aromatic carbocycles. The van der Waals surface area contributed by atoms with Gasteiger partial charge in [-0.25, -0.2) is 9.80 Å². The van der Waals surface area contributed by atoms with Gasteiger partial charge in [0.15, 0.2) is 0 Å². The molecule has 1 fully saturated rings. The summed E-state index contributed by atoms with van der Waals surface area (Å²) in [5.74, 6) is -1.56. The second kappa shape index (κ2) is 6.20. The molecule has 1 saturated heterocycles. The van der Waals surface area contributed by atoms with Crippen LogP contribution in [0.2, 0.25) is 0 Å². The molecule has 0 spiro atoms. The summed E-state index contributed by atoms with van der Waals surface area (Å²) in [6.45, 7) is 0.411. The summed E-state index contributed by atoms with van der Waals surface area (Å²) in [4.78, 5) is 37.2. The average Bonchev–Trinajstić information content (AvgIpc) is 3.05. The summed E-state index contributed by atoms with van der Waals surface area (Å²) in [6.07, 6.45) is 1.54. The highest BCUT2D eigenvalue weighted by molar-refractivity contribution is 6.40. The van der Waals surface area contributed by atoms with Gasteiger partial charge in [-0.15, -0.1) is 0 Å². The summed E-state index contributed by atoms with van der Waals surface area (Å²) in [6, 6.07) is 8.09. The van der Waals surface area contributed by atoms with Gasteiger partial charge in [-0.3, -0.25) is 9.59 Å². The molecule has 2 heterocycles. The van der Waals surface area contributed by atoms with E-state index in [0.29, 0.717) is 25.1 Å². The Morgan fingerprint density at radius 2 is 1.91 bits per heavy atom. The van der Waals surface area contributed by atoms with Crippen LogP contribution in [0.15, 0.2) is 35.4 Å². The number of rotatable bonds is 3. The summed E-state index contributed by atoms with van der Waals surface area (Å²) < 4.78 is 0. The van der Waals surface area contributed by atoms with Gasteiger partial charge in [-0.05, 0) is 25.0 Å². The topological polar surface area (TPSA) is 90.3 Å². The van der Waals surface area contributed by atoms with Crippen molar-refractivity contribution in [1.29, 1.82) is 0 Å². The van der Waals surface area contributed by atoms with E-state index in [-0.39, 0.29) is 30.4 Å². The fraction of sp³-hybridized carbons (Fsp3) is 0.375. The molecule has 3 rings (SSSR count). The van der Waals surface area contributed by atoms with Crippen molar-refractivity contribution in [3.8, 4) is 0 Å². The molecule has 1 unspecified atom stereocenters. The first kappa shape index (κ1) is 15.2. The van der Waals surface area contributed by atoms with Gasteiger partial charge < -0.3 is 10.0 Å². The molecule has 0 aromatic heterocycles. The molecule has 2 aliphatic rings. The van der Waals surface area contributed by atoms with Gasteiger partial charge in [-0.1, -0.05) is 18.2 Å². The van der Waals surface area contributed by atoms with Crippen LogP contribution in [0.25, 0.3) is 0 Å². The minimum atomic E-state index is -0.997. The molecule has 0 saturated carbocycles. The van der Waals surface area contributed by atoms with Crippen LogP contribution in [0, 0.1) is 0 Å². The average molecular weight is 315 g/mol. The maximum absolute atomic E-state index is 12.6. The summed E-state index contributed by atoms with van der Waals surface area (Å²) in [7, 11) is 0. The Labute approximate surface area is 133 Å². The van der Waals surface area contributed by atoms with Gasteiger partial charge in [0.25, 0.3) is 5.91 Å². The highest BCUT2D eigenvalue weighted by Gasteiger charge is 2.37. The number of likely N-dealkylation sites (tertiary alicyclic amines) is 1. The van der Waals surface area contributed by atoms with Crippen LogP contribution in [0.4, 0.5) is 5.69 Å². The Morgan fingerprint density at radius 1 is 1.17 bits per heavy atom. The number of hydrazone groups is 1. The van der Waals surface area contributed by atoms with Gasteiger partial charge in [0, 0.05) is 19.4 Å². The molecule has 2 aliphatic heterocycles. The van der Waals surface area contributed by atoms with Crippen LogP contribution in [0.5, 0.6) is 0 Å². The molecular weight excluding hydrogens is 298 g/mol. The summed E-state index contributed by atoms with van der Waals surface area (Å²) >= 11 is 0. The molecule has 23 heavy (non-hydrogen) atoms. The van der Waals surface area contributed by atoms with E-state index in [9.17, 15) is 19.5 Å². The van der Waals surface area contributed by atoms with E-state index in [4.69, 9.17) is 0 Å². The predicted molar refractivity (Wildman–Crippen MR) is 83.0 cm³/mol. The number of amides is 2. The molecule has 1 aromatic rings. The van der Waals surface area contributed by atoms with Gasteiger partial charge >= 0.3 is 5.97 Å². The van der Waals surface area contributed by atoms with Crippen molar-refractivity contribution < 1.29 is 19.5 Å². The Balaban J connectivity index is 1.86. The second-order valence-corrected chi connectivity index (χ2v) is 5.58. The summed E-state index contributed by atoms with van der Waals surface area (Å²) in [5, 5.41) is 14.6. The molecule has 0 bridgehead atoms. The van der Waals surface area contributed by atoms with E-state index in [1.165, 1.54) is 9.91 Å². The second-order valence-electron chi connectivity index (χ2n) is 5.58. The first-order valence-corrected chi connectivity index (χ1v) is 7.57. The maximum Gasteiger partial charge on any atom is 0.326 e. The number of carbonyl (C=O) groups is 3. The lowest BCUT2D eigenvalue weighted by atomic mass is 10.1. The van der Waals surface area contributed by atoms with Crippen molar-refractivity contribution in [2.45, 2.75) is 31.7 Å². The first-order chi connectivity index (χ1) is 11.1. The molecule has 1 N–H and O–H groups in total. The number of aliphatic carboxylic acids is 1. The zero-order valence-corrected chi connectivity index (χ0v) is 12.5. The number of hydrogen-bond donors (Lipinski definition) is 1. The molecule has 0 aliphatic carbocycles. The van der Waals surface area contributed by atoms with E-state index in [1.807, 2.05) is 6.07 Å². The fourth-order valence-corrected chi connectivity index (χ4v) is 2.91. The van der Waals surface area contributed by atoms with Crippen molar-refractivity contribution in [2.24, 2.45) is 5.10 Å². The van der Waals surface area contributed by atoms with Crippen LogP contribution in [0.1, 0.15) is 25.7 Å². The third-order valence-corrected chi connectivity index (χ3v) is 4.08. The number of carbonyl (C=O) groups excluding carboxylic acids is 2. The van der Waals surface area contributed by atoms with Crippen LogP contribution < -0.4 is 5.01 Å². The highest BCUT2D eigenvalue weighted by atomic mass is 16.4. The van der Waals surface area contributed by atoms with Crippen LogP contribution in [-0.4, -0.2) is 46.1 Å². The van der Waals surface area contributed by atoms with Crippen molar-refractivity contribution in [1.82, 2.24) is 4.90 Å².